The molecule has 4 rings (SSSR count). The SMILES string of the molecule is COc1ccc(CN(C(=O)COC(=O)c2cccc(OCc3csc(C)n3)c2)C2CC2)cc1. The lowest BCUT2D eigenvalue weighted by molar-refractivity contribution is -0.135. The molecule has 0 spiro atoms. The Balaban J connectivity index is 1.31. The number of esters is 1. The number of carbonyl (C=O) groups is 2. The van der Waals surface area contributed by atoms with Gasteiger partial charge in [0.15, 0.2) is 6.61 Å². The highest BCUT2D eigenvalue weighted by molar-refractivity contribution is 7.09. The van der Waals surface area contributed by atoms with Gasteiger partial charge in [-0.3, -0.25) is 4.79 Å². The quantitative estimate of drug-likeness (QED) is 0.413. The molecule has 2 aromatic carbocycles. The minimum Gasteiger partial charge on any atom is -0.497 e. The summed E-state index contributed by atoms with van der Waals surface area (Å²) < 4.78 is 16.2. The molecule has 0 N–H and O–H groups in total. The van der Waals surface area contributed by atoms with Crippen LogP contribution in [0.1, 0.15) is 39.5 Å². The largest absolute Gasteiger partial charge is 0.497 e. The van der Waals surface area contributed by atoms with E-state index < -0.39 is 5.97 Å². The molecule has 1 aliphatic carbocycles. The van der Waals surface area contributed by atoms with Crippen molar-refractivity contribution < 1.29 is 23.8 Å². The summed E-state index contributed by atoms with van der Waals surface area (Å²) in [6, 6.07) is 14.6. The second kappa shape index (κ2) is 10.5. The molecule has 7 nitrogen and oxygen atoms in total. The predicted octanol–water partition coefficient (Wildman–Crippen LogP) is 4.39. The Kier molecular flexibility index (Phi) is 7.24. The van der Waals surface area contributed by atoms with E-state index in [0.717, 1.165) is 34.9 Å². The number of amides is 1. The molecule has 8 heteroatoms. The monoisotopic (exact) mass is 466 g/mol. The van der Waals surface area contributed by atoms with Crippen molar-refractivity contribution in [2.45, 2.75) is 39.0 Å². The van der Waals surface area contributed by atoms with Crippen LogP contribution in [-0.4, -0.2) is 41.5 Å². The average Bonchev–Trinajstić information content (AvgIpc) is 3.60. The van der Waals surface area contributed by atoms with Gasteiger partial charge in [-0.05, 0) is 55.7 Å². The van der Waals surface area contributed by atoms with Crippen LogP contribution in [0.2, 0.25) is 0 Å². The number of nitrogens with zero attached hydrogens (tertiary/aromatic N) is 2. The third kappa shape index (κ3) is 6.32. The summed E-state index contributed by atoms with van der Waals surface area (Å²) in [5.74, 6) is 0.553. The second-order valence-electron chi connectivity index (χ2n) is 7.85. The topological polar surface area (TPSA) is 78.0 Å². The van der Waals surface area contributed by atoms with Crippen molar-refractivity contribution in [3.63, 3.8) is 0 Å². The van der Waals surface area contributed by atoms with Crippen LogP contribution in [0, 0.1) is 6.92 Å². The van der Waals surface area contributed by atoms with Gasteiger partial charge in [-0.25, -0.2) is 9.78 Å². The van der Waals surface area contributed by atoms with E-state index >= 15 is 0 Å². The zero-order valence-electron chi connectivity index (χ0n) is 18.7. The van der Waals surface area contributed by atoms with Crippen LogP contribution in [0.4, 0.5) is 0 Å². The summed E-state index contributed by atoms with van der Waals surface area (Å²) in [6.07, 6.45) is 1.93. The number of rotatable bonds is 10. The summed E-state index contributed by atoms with van der Waals surface area (Å²) in [6.45, 7) is 2.44. The normalized spacial score (nSPS) is 12.8. The molecule has 1 aromatic heterocycles. The van der Waals surface area contributed by atoms with Crippen molar-refractivity contribution in [3.8, 4) is 11.5 Å². The molecule has 0 aliphatic heterocycles. The van der Waals surface area contributed by atoms with E-state index in [9.17, 15) is 9.59 Å². The fourth-order valence-corrected chi connectivity index (χ4v) is 3.97. The predicted molar refractivity (Wildman–Crippen MR) is 124 cm³/mol. The lowest BCUT2D eigenvalue weighted by Crippen LogP contribution is -2.36. The van der Waals surface area contributed by atoms with Crippen molar-refractivity contribution in [3.05, 3.63) is 75.7 Å². The van der Waals surface area contributed by atoms with Gasteiger partial charge >= 0.3 is 5.97 Å². The maximum absolute atomic E-state index is 12.8. The zero-order chi connectivity index (χ0) is 23.2. The van der Waals surface area contributed by atoms with Crippen molar-refractivity contribution in [1.29, 1.82) is 0 Å². The lowest BCUT2D eigenvalue weighted by Gasteiger charge is -2.22. The number of ether oxygens (including phenoxy) is 3. The summed E-state index contributed by atoms with van der Waals surface area (Å²) in [5, 5.41) is 2.92. The van der Waals surface area contributed by atoms with Crippen molar-refractivity contribution >= 4 is 23.2 Å². The molecule has 1 fully saturated rings. The van der Waals surface area contributed by atoms with Gasteiger partial charge in [0, 0.05) is 18.0 Å². The Morgan fingerprint density at radius 1 is 1.12 bits per heavy atom. The molecular formula is C25H26N2O5S. The van der Waals surface area contributed by atoms with E-state index in [0.29, 0.717) is 24.5 Å². The number of thiazole rings is 1. The zero-order valence-corrected chi connectivity index (χ0v) is 19.5. The smallest absolute Gasteiger partial charge is 0.338 e. The van der Waals surface area contributed by atoms with Gasteiger partial charge in [-0.1, -0.05) is 18.2 Å². The lowest BCUT2D eigenvalue weighted by atomic mass is 10.2. The maximum Gasteiger partial charge on any atom is 0.338 e. The summed E-state index contributed by atoms with van der Waals surface area (Å²) in [5.41, 5.74) is 2.18. The van der Waals surface area contributed by atoms with E-state index in [1.807, 2.05) is 36.6 Å². The Morgan fingerprint density at radius 3 is 2.58 bits per heavy atom. The van der Waals surface area contributed by atoms with Crippen LogP contribution in [0.15, 0.2) is 53.9 Å². The van der Waals surface area contributed by atoms with Crippen LogP contribution in [0.3, 0.4) is 0 Å². The van der Waals surface area contributed by atoms with Gasteiger partial charge in [0.05, 0.1) is 23.4 Å². The standard InChI is InChI=1S/C25H26N2O5S/c1-17-26-20(16-33-17)14-31-23-5-3-4-19(12-23)25(29)32-15-24(28)27(21-8-9-21)13-18-6-10-22(30-2)11-7-18/h3-7,10-12,16,21H,8-9,13-15H2,1-2H3. The fourth-order valence-electron chi connectivity index (χ4n) is 3.37. The molecule has 1 heterocycles. The van der Waals surface area contributed by atoms with Crippen LogP contribution in [0.25, 0.3) is 0 Å². The third-order valence-corrected chi connectivity index (χ3v) is 6.09. The number of carbonyl (C=O) groups excluding carboxylic acids is 2. The van der Waals surface area contributed by atoms with E-state index in [2.05, 4.69) is 4.98 Å². The van der Waals surface area contributed by atoms with Crippen molar-refractivity contribution in [1.82, 2.24) is 9.88 Å². The third-order valence-electron chi connectivity index (χ3n) is 5.27. The highest BCUT2D eigenvalue weighted by atomic mass is 32.1. The van der Waals surface area contributed by atoms with Gasteiger partial charge in [0.1, 0.15) is 18.1 Å². The molecule has 1 amide bonds. The second-order valence-corrected chi connectivity index (χ2v) is 8.91. The molecule has 3 aromatic rings. The first-order valence-electron chi connectivity index (χ1n) is 10.7. The van der Waals surface area contributed by atoms with Gasteiger partial charge in [-0.2, -0.15) is 0 Å². The molecule has 33 heavy (non-hydrogen) atoms. The fraction of sp³-hybridized carbons (Fsp3) is 0.320. The number of hydrogen-bond donors (Lipinski definition) is 0. The van der Waals surface area contributed by atoms with Crippen LogP contribution >= 0.6 is 11.3 Å². The van der Waals surface area contributed by atoms with E-state index in [1.165, 1.54) is 0 Å². The summed E-state index contributed by atoms with van der Waals surface area (Å²) in [7, 11) is 1.62. The molecule has 1 saturated carbocycles. The minimum atomic E-state index is -0.557. The van der Waals surface area contributed by atoms with Crippen LogP contribution in [0.5, 0.6) is 11.5 Å². The molecule has 1 aliphatic rings. The summed E-state index contributed by atoms with van der Waals surface area (Å²) in [4.78, 5) is 31.5. The molecule has 0 radical (unpaired) electrons. The van der Waals surface area contributed by atoms with Crippen molar-refractivity contribution in [2.75, 3.05) is 13.7 Å². The Bertz CT molecular complexity index is 1110. The average molecular weight is 467 g/mol. The van der Waals surface area contributed by atoms with Gasteiger partial charge in [-0.15, -0.1) is 11.3 Å². The van der Waals surface area contributed by atoms with Crippen LogP contribution < -0.4 is 9.47 Å². The Labute approximate surface area is 196 Å². The molecule has 0 saturated heterocycles. The minimum absolute atomic E-state index is 0.199. The first kappa shape index (κ1) is 22.8. The van der Waals surface area contributed by atoms with E-state index in [1.54, 1.807) is 47.6 Å². The van der Waals surface area contributed by atoms with Crippen LogP contribution in [-0.2, 0) is 22.7 Å². The van der Waals surface area contributed by atoms with Crippen molar-refractivity contribution in [2.24, 2.45) is 0 Å². The first-order valence-corrected chi connectivity index (χ1v) is 11.6. The summed E-state index contributed by atoms with van der Waals surface area (Å²) >= 11 is 1.56. The number of methoxy groups -OCH3 is 1. The van der Waals surface area contributed by atoms with E-state index in [4.69, 9.17) is 14.2 Å². The number of aromatic nitrogens is 1. The highest BCUT2D eigenvalue weighted by Gasteiger charge is 2.33. The molecule has 0 unspecified atom stereocenters. The highest BCUT2D eigenvalue weighted by Crippen LogP contribution is 2.29. The number of benzene rings is 2. The molecule has 0 bridgehead atoms. The van der Waals surface area contributed by atoms with Gasteiger partial charge in [0.25, 0.3) is 5.91 Å². The molecular weight excluding hydrogens is 440 g/mol. The van der Waals surface area contributed by atoms with E-state index in [-0.39, 0.29) is 18.6 Å². The van der Waals surface area contributed by atoms with Gasteiger partial charge in [0.2, 0.25) is 0 Å². The number of aryl methyl sites for hydroxylation is 1. The van der Waals surface area contributed by atoms with Gasteiger partial charge < -0.3 is 19.1 Å². The number of hydrogen-bond acceptors (Lipinski definition) is 7. The first-order chi connectivity index (χ1) is 16.0. The maximum atomic E-state index is 12.8. The Hall–Kier alpha value is -3.39. The Morgan fingerprint density at radius 2 is 1.91 bits per heavy atom. The molecule has 0 atom stereocenters. The molecule has 172 valence electrons.